The highest BCUT2D eigenvalue weighted by Gasteiger charge is 2.44. The van der Waals surface area contributed by atoms with Crippen molar-refractivity contribution in [2.75, 3.05) is 12.9 Å². The van der Waals surface area contributed by atoms with Crippen molar-refractivity contribution < 1.29 is 17.3 Å². The van der Waals surface area contributed by atoms with Gasteiger partial charge in [-0.1, -0.05) is 29.7 Å². The largest absolute Gasteiger partial charge is 0.487 e. The summed E-state index contributed by atoms with van der Waals surface area (Å²) in [5.41, 5.74) is 3.78. The number of allylic oxidation sites excluding steroid dienone is 2. The maximum atomic E-state index is 10.9. The standard InChI is InChI=1S/C23H30O4S/c1-17-10-13-21-20(15-17)19-12-11-18(16-22(19)27-23(21,2)3)9-7-5-6-8-14-26-28(4,24)25/h10-12,16,20-21H,6,8-9,13-15H2,1-4H3/t20-,21+/m0/s1. The van der Waals surface area contributed by atoms with E-state index < -0.39 is 10.1 Å². The van der Waals surface area contributed by atoms with E-state index in [-0.39, 0.29) is 12.2 Å². The average Bonchev–Trinajstić information content (AvgIpc) is 2.59. The van der Waals surface area contributed by atoms with Crippen LogP contribution in [0.15, 0.2) is 29.8 Å². The zero-order valence-corrected chi connectivity index (χ0v) is 18.1. The lowest BCUT2D eigenvalue weighted by Crippen LogP contribution is -2.45. The molecule has 0 saturated heterocycles. The molecule has 152 valence electrons. The molecule has 0 bridgehead atoms. The molecule has 4 nitrogen and oxygen atoms in total. The fourth-order valence-electron chi connectivity index (χ4n) is 4.23. The van der Waals surface area contributed by atoms with Crippen LogP contribution in [0, 0.1) is 17.8 Å². The van der Waals surface area contributed by atoms with E-state index in [9.17, 15) is 8.42 Å². The number of unbranched alkanes of at least 4 members (excludes halogenated alkanes) is 1. The second kappa shape index (κ2) is 8.31. The molecule has 1 aliphatic heterocycles. The minimum atomic E-state index is -3.36. The van der Waals surface area contributed by atoms with Crippen LogP contribution in [0.5, 0.6) is 5.75 Å². The molecule has 0 radical (unpaired) electrons. The molecule has 0 fully saturated rings. The van der Waals surface area contributed by atoms with E-state index in [0.29, 0.717) is 31.1 Å². The number of hydrogen-bond acceptors (Lipinski definition) is 4. The van der Waals surface area contributed by atoms with Gasteiger partial charge in [0.15, 0.2) is 0 Å². The molecule has 0 unspecified atom stereocenters. The molecule has 0 amide bonds. The van der Waals surface area contributed by atoms with Crippen LogP contribution < -0.4 is 4.74 Å². The molecule has 0 N–H and O–H groups in total. The van der Waals surface area contributed by atoms with Crippen molar-refractivity contribution in [3.8, 4) is 17.6 Å². The van der Waals surface area contributed by atoms with E-state index in [0.717, 1.165) is 30.4 Å². The lowest BCUT2D eigenvalue weighted by molar-refractivity contribution is 0.00849. The summed E-state index contributed by atoms with van der Waals surface area (Å²) >= 11 is 0. The first-order valence-electron chi connectivity index (χ1n) is 9.93. The van der Waals surface area contributed by atoms with Crippen molar-refractivity contribution >= 4 is 10.1 Å². The number of rotatable bonds is 5. The van der Waals surface area contributed by atoms with Gasteiger partial charge in [0.05, 0.1) is 12.9 Å². The van der Waals surface area contributed by atoms with E-state index in [1.165, 1.54) is 11.1 Å². The molecule has 1 heterocycles. The first-order valence-corrected chi connectivity index (χ1v) is 11.7. The van der Waals surface area contributed by atoms with E-state index in [1.807, 2.05) is 0 Å². The average molecular weight is 403 g/mol. The van der Waals surface area contributed by atoms with Gasteiger partial charge in [-0.3, -0.25) is 4.18 Å². The van der Waals surface area contributed by atoms with Gasteiger partial charge in [-0.2, -0.15) is 8.42 Å². The SMILES string of the molecule is CC1=CC[C@@H]2[C@@H](C1)c1ccc(CC#CCCCOS(C)(=O)=O)cc1OC2(C)C. The van der Waals surface area contributed by atoms with Crippen molar-refractivity contribution in [2.24, 2.45) is 5.92 Å². The van der Waals surface area contributed by atoms with E-state index in [4.69, 9.17) is 8.92 Å². The Balaban J connectivity index is 1.63. The topological polar surface area (TPSA) is 52.6 Å². The number of ether oxygens (including phenoxy) is 1. The zero-order valence-electron chi connectivity index (χ0n) is 17.2. The van der Waals surface area contributed by atoms with Gasteiger partial charge in [-0.15, -0.1) is 5.92 Å². The molecular weight excluding hydrogens is 372 g/mol. The lowest BCUT2D eigenvalue weighted by Gasteiger charge is -2.47. The molecule has 28 heavy (non-hydrogen) atoms. The van der Waals surface area contributed by atoms with Crippen molar-refractivity contribution in [3.63, 3.8) is 0 Å². The molecule has 0 saturated carbocycles. The van der Waals surface area contributed by atoms with Crippen LogP contribution >= 0.6 is 0 Å². The highest BCUT2D eigenvalue weighted by Crippen LogP contribution is 2.51. The van der Waals surface area contributed by atoms with Crippen LogP contribution in [-0.4, -0.2) is 26.9 Å². The second-order valence-corrected chi connectivity index (χ2v) is 10.1. The van der Waals surface area contributed by atoms with Crippen molar-refractivity contribution in [1.82, 2.24) is 0 Å². The molecule has 1 aromatic carbocycles. The van der Waals surface area contributed by atoms with Gasteiger partial charge in [-0.05, 0) is 63.1 Å². The number of hydrogen-bond donors (Lipinski definition) is 0. The Morgan fingerprint density at radius 2 is 2.07 bits per heavy atom. The summed E-state index contributed by atoms with van der Waals surface area (Å²) in [6.07, 6.45) is 7.51. The molecule has 2 aliphatic rings. The monoisotopic (exact) mass is 402 g/mol. The van der Waals surface area contributed by atoms with Crippen molar-refractivity contribution in [1.29, 1.82) is 0 Å². The van der Waals surface area contributed by atoms with Gasteiger partial charge >= 0.3 is 0 Å². The lowest BCUT2D eigenvalue weighted by atomic mass is 9.67. The Labute approximate surface area is 169 Å². The van der Waals surface area contributed by atoms with E-state index in [2.05, 4.69) is 56.9 Å². The van der Waals surface area contributed by atoms with E-state index in [1.54, 1.807) is 0 Å². The van der Waals surface area contributed by atoms with Gasteiger partial charge in [0, 0.05) is 18.8 Å². The molecule has 1 aliphatic carbocycles. The Kier molecular flexibility index (Phi) is 6.21. The summed E-state index contributed by atoms with van der Waals surface area (Å²) in [4.78, 5) is 0. The molecular formula is C23H30O4S. The van der Waals surface area contributed by atoms with Gasteiger partial charge < -0.3 is 4.74 Å². The molecule has 2 atom stereocenters. The first-order chi connectivity index (χ1) is 13.2. The van der Waals surface area contributed by atoms with Gasteiger partial charge in [-0.25, -0.2) is 0 Å². The molecule has 5 heteroatoms. The third-order valence-corrected chi connectivity index (χ3v) is 6.25. The predicted octanol–water partition coefficient (Wildman–Crippen LogP) is 4.60. The van der Waals surface area contributed by atoms with Crippen molar-refractivity contribution in [3.05, 3.63) is 41.0 Å². The van der Waals surface area contributed by atoms with Gasteiger partial charge in [0.2, 0.25) is 0 Å². The van der Waals surface area contributed by atoms with Crippen LogP contribution in [0.4, 0.5) is 0 Å². The maximum Gasteiger partial charge on any atom is 0.264 e. The Bertz CT molecular complexity index is 916. The van der Waals surface area contributed by atoms with Gasteiger partial charge in [0.25, 0.3) is 10.1 Å². The van der Waals surface area contributed by atoms with Crippen LogP contribution in [0.3, 0.4) is 0 Å². The number of benzene rings is 1. The van der Waals surface area contributed by atoms with Crippen LogP contribution in [-0.2, 0) is 20.7 Å². The Hall–Kier alpha value is -1.77. The predicted molar refractivity (Wildman–Crippen MR) is 112 cm³/mol. The summed E-state index contributed by atoms with van der Waals surface area (Å²) in [6, 6.07) is 6.52. The number of fused-ring (bicyclic) bond motifs is 3. The highest BCUT2D eigenvalue weighted by molar-refractivity contribution is 7.85. The van der Waals surface area contributed by atoms with E-state index >= 15 is 0 Å². The summed E-state index contributed by atoms with van der Waals surface area (Å²) in [5.74, 6) is 8.31. The second-order valence-electron chi connectivity index (χ2n) is 8.44. The van der Waals surface area contributed by atoms with Crippen LogP contribution in [0.2, 0.25) is 0 Å². The summed E-state index contributed by atoms with van der Waals surface area (Å²) in [7, 11) is -3.36. The fourth-order valence-corrected chi connectivity index (χ4v) is 4.65. The fraction of sp³-hybridized carbons (Fsp3) is 0.565. The Morgan fingerprint density at radius 1 is 1.29 bits per heavy atom. The minimum Gasteiger partial charge on any atom is -0.487 e. The molecule has 1 aromatic rings. The Morgan fingerprint density at radius 3 is 2.82 bits per heavy atom. The smallest absolute Gasteiger partial charge is 0.264 e. The quantitative estimate of drug-likeness (QED) is 0.313. The molecule has 0 aromatic heterocycles. The summed E-state index contributed by atoms with van der Waals surface area (Å²) in [6.45, 7) is 6.81. The molecule has 3 rings (SSSR count). The first kappa shape index (κ1) is 21.0. The summed E-state index contributed by atoms with van der Waals surface area (Å²) < 4.78 is 32.9. The molecule has 0 spiro atoms. The maximum absolute atomic E-state index is 10.9. The zero-order chi connectivity index (χ0) is 20.4. The minimum absolute atomic E-state index is 0.168. The normalized spacial score (nSPS) is 22.8. The van der Waals surface area contributed by atoms with Crippen LogP contribution in [0.1, 0.15) is 63.5 Å². The highest BCUT2D eigenvalue weighted by atomic mass is 32.2. The van der Waals surface area contributed by atoms with Crippen LogP contribution in [0.25, 0.3) is 0 Å². The third-order valence-electron chi connectivity index (χ3n) is 5.65. The third kappa shape index (κ3) is 5.18. The summed E-state index contributed by atoms with van der Waals surface area (Å²) in [5, 5.41) is 0. The van der Waals surface area contributed by atoms with Gasteiger partial charge in [0.1, 0.15) is 11.4 Å². The van der Waals surface area contributed by atoms with Crippen molar-refractivity contribution in [2.45, 2.75) is 64.4 Å².